The molecule has 0 N–H and O–H groups in total. The second-order valence-electron chi connectivity index (χ2n) is 2.38. The van der Waals surface area contributed by atoms with Gasteiger partial charge >= 0.3 is 0 Å². The van der Waals surface area contributed by atoms with Gasteiger partial charge in [-0.2, -0.15) is 4.37 Å². The average Bonchev–Trinajstić information content (AvgIpc) is 2.52. The van der Waals surface area contributed by atoms with E-state index in [0.717, 1.165) is 10.6 Å². The summed E-state index contributed by atoms with van der Waals surface area (Å²) in [6.07, 6.45) is 0. The number of halogens is 2. The first kappa shape index (κ1) is 8.94. The minimum atomic E-state index is 0.278. The van der Waals surface area contributed by atoms with Gasteiger partial charge in [0.25, 0.3) is 0 Å². The van der Waals surface area contributed by atoms with E-state index in [4.69, 9.17) is 23.2 Å². The summed E-state index contributed by atoms with van der Waals surface area (Å²) in [6, 6.07) is 7.43. The predicted octanol–water partition coefficient (Wildman–Crippen LogP) is 3.51. The van der Waals surface area contributed by atoms with Gasteiger partial charge in [-0.1, -0.05) is 23.7 Å². The van der Waals surface area contributed by atoms with Crippen molar-refractivity contribution < 1.29 is 0 Å². The highest BCUT2D eigenvalue weighted by Crippen LogP contribution is 2.25. The van der Waals surface area contributed by atoms with E-state index in [1.54, 1.807) is 0 Å². The van der Waals surface area contributed by atoms with Crippen LogP contribution in [0.15, 0.2) is 24.3 Å². The summed E-state index contributed by atoms with van der Waals surface area (Å²) >= 11 is 12.7. The van der Waals surface area contributed by atoms with Crippen molar-refractivity contribution in [1.29, 1.82) is 0 Å². The molecular formula is C8H4Cl2N2S. The SMILES string of the molecule is Clc1cccc(-c2nc(Cl)ns2)c1. The highest BCUT2D eigenvalue weighted by molar-refractivity contribution is 7.09. The van der Waals surface area contributed by atoms with E-state index in [-0.39, 0.29) is 5.28 Å². The van der Waals surface area contributed by atoms with Crippen LogP contribution in [0.3, 0.4) is 0 Å². The summed E-state index contributed by atoms with van der Waals surface area (Å²) in [4.78, 5) is 4.04. The summed E-state index contributed by atoms with van der Waals surface area (Å²) in [5.74, 6) is 0. The third-order valence-electron chi connectivity index (χ3n) is 1.47. The zero-order valence-corrected chi connectivity index (χ0v) is 8.70. The molecule has 0 atom stereocenters. The summed E-state index contributed by atoms with van der Waals surface area (Å²) < 4.78 is 3.88. The van der Waals surface area contributed by atoms with Crippen LogP contribution >= 0.6 is 34.7 Å². The van der Waals surface area contributed by atoms with Gasteiger partial charge in [0.05, 0.1) is 0 Å². The fourth-order valence-electron chi connectivity index (χ4n) is 0.944. The number of hydrogen-bond donors (Lipinski definition) is 0. The largest absolute Gasteiger partial charge is 0.234 e. The first-order chi connectivity index (χ1) is 6.25. The summed E-state index contributed by atoms with van der Waals surface area (Å²) in [5, 5.41) is 1.75. The maximum absolute atomic E-state index is 5.83. The van der Waals surface area contributed by atoms with Crippen molar-refractivity contribution in [3.8, 4) is 10.6 Å². The molecule has 0 bridgehead atoms. The molecular weight excluding hydrogens is 227 g/mol. The molecule has 0 saturated carbocycles. The van der Waals surface area contributed by atoms with Gasteiger partial charge in [-0.05, 0) is 35.3 Å². The Kier molecular flexibility index (Phi) is 2.49. The Morgan fingerprint density at radius 2 is 2.08 bits per heavy atom. The van der Waals surface area contributed by atoms with Gasteiger partial charge in [-0.15, -0.1) is 0 Å². The summed E-state index contributed by atoms with van der Waals surface area (Å²) in [7, 11) is 0. The molecule has 2 rings (SSSR count). The quantitative estimate of drug-likeness (QED) is 0.750. The van der Waals surface area contributed by atoms with E-state index >= 15 is 0 Å². The summed E-state index contributed by atoms with van der Waals surface area (Å²) in [6.45, 7) is 0. The molecule has 0 aliphatic heterocycles. The van der Waals surface area contributed by atoms with Gasteiger partial charge in [-0.25, -0.2) is 4.98 Å². The lowest BCUT2D eigenvalue weighted by molar-refractivity contribution is 1.33. The lowest BCUT2D eigenvalue weighted by Gasteiger charge is -1.94. The third-order valence-corrected chi connectivity index (χ3v) is 2.74. The Morgan fingerprint density at radius 3 is 2.69 bits per heavy atom. The minimum absolute atomic E-state index is 0.278. The molecule has 0 aliphatic rings. The molecule has 0 spiro atoms. The van der Waals surface area contributed by atoms with E-state index < -0.39 is 0 Å². The van der Waals surface area contributed by atoms with Gasteiger partial charge in [0.1, 0.15) is 5.01 Å². The maximum atomic E-state index is 5.83. The second-order valence-corrected chi connectivity index (χ2v) is 3.91. The zero-order valence-electron chi connectivity index (χ0n) is 6.37. The lowest BCUT2D eigenvalue weighted by Crippen LogP contribution is -1.74. The number of benzene rings is 1. The smallest absolute Gasteiger partial charge is 0.205 e. The average molecular weight is 231 g/mol. The van der Waals surface area contributed by atoms with Crippen LogP contribution in [0.25, 0.3) is 10.6 Å². The topological polar surface area (TPSA) is 25.8 Å². The maximum Gasteiger partial charge on any atom is 0.234 e. The molecule has 5 heteroatoms. The molecule has 0 fully saturated rings. The number of nitrogens with zero attached hydrogens (tertiary/aromatic N) is 2. The Hall–Kier alpha value is -0.640. The number of aromatic nitrogens is 2. The van der Waals surface area contributed by atoms with Crippen molar-refractivity contribution >= 4 is 34.7 Å². The first-order valence-corrected chi connectivity index (χ1v) is 5.04. The lowest BCUT2D eigenvalue weighted by atomic mass is 10.2. The van der Waals surface area contributed by atoms with Gasteiger partial charge in [-0.3, -0.25) is 0 Å². The van der Waals surface area contributed by atoms with Crippen LogP contribution < -0.4 is 0 Å². The highest BCUT2D eigenvalue weighted by Gasteiger charge is 2.04. The molecule has 0 amide bonds. The van der Waals surface area contributed by atoms with Crippen LogP contribution in [-0.4, -0.2) is 9.36 Å². The van der Waals surface area contributed by atoms with E-state index in [2.05, 4.69) is 9.36 Å². The standard InChI is InChI=1S/C8H4Cl2N2S/c9-6-3-1-2-5(4-6)7-11-8(10)12-13-7/h1-4H. The first-order valence-electron chi connectivity index (χ1n) is 3.51. The molecule has 2 nitrogen and oxygen atoms in total. The van der Waals surface area contributed by atoms with Gasteiger partial charge < -0.3 is 0 Å². The van der Waals surface area contributed by atoms with Crippen molar-refractivity contribution in [3.63, 3.8) is 0 Å². The van der Waals surface area contributed by atoms with E-state index in [1.165, 1.54) is 11.5 Å². The van der Waals surface area contributed by atoms with Crippen LogP contribution in [0.5, 0.6) is 0 Å². The van der Waals surface area contributed by atoms with E-state index in [9.17, 15) is 0 Å². The molecule has 1 aromatic heterocycles. The van der Waals surface area contributed by atoms with Crippen molar-refractivity contribution in [2.45, 2.75) is 0 Å². The van der Waals surface area contributed by atoms with Gasteiger partial charge in [0.2, 0.25) is 5.28 Å². The monoisotopic (exact) mass is 230 g/mol. The van der Waals surface area contributed by atoms with E-state index in [1.807, 2.05) is 24.3 Å². The molecule has 0 unspecified atom stereocenters. The third kappa shape index (κ3) is 1.99. The van der Waals surface area contributed by atoms with Crippen molar-refractivity contribution in [1.82, 2.24) is 9.36 Å². The van der Waals surface area contributed by atoms with Crippen LogP contribution in [0.2, 0.25) is 10.3 Å². The number of rotatable bonds is 1. The van der Waals surface area contributed by atoms with Crippen LogP contribution in [0.4, 0.5) is 0 Å². The molecule has 0 aliphatic carbocycles. The molecule has 0 radical (unpaired) electrons. The Morgan fingerprint density at radius 1 is 1.23 bits per heavy atom. The van der Waals surface area contributed by atoms with Crippen molar-refractivity contribution in [2.24, 2.45) is 0 Å². The van der Waals surface area contributed by atoms with Crippen LogP contribution in [0.1, 0.15) is 0 Å². The van der Waals surface area contributed by atoms with Crippen molar-refractivity contribution in [2.75, 3.05) is 0 Å². The summed E-state index contributed by atoms with van der Waals surface area (Å²) in [5.41, 5.74) is 0.942. The van der Waals surface area contributed by atoms with Crippen molar-refractivity contribution in [3.05, 3.63) is 34.6 Å². The zero-order chi connectivity index (χ0) is 9.26. The molecule has 1 aromatic carbocycles. The Bertz CT molecular complexity index is 428. The molecule has 1 heterocycles. The fraction of sp³-hybridized carbons (Fsp3) is 0. The molecule has 2 aromatic rings. The Balaban J connectivity index is 2.46. The van der Waals surface area contributed by atoms with Crippen LogP contribution in [0, 0.1) is 0 Å². The van der Waals surface area contributed by atoms with Crippen LogP contribution in [-0.2, 0) is 0 Å². The predicted molar refractivity (Wildman–Crippen MR) is 55.4 cm³/mol. The fourth-order valence-corrected chi connectivity index (χ4v) is 1.93. The molecule has 13 heavy (non-hydrogen) atoms. The second kappa shape index (κ2) is 3.62. The minimum Gasteiger partial charge on any atom is -0.205 e. The normalized spacial score (nSPS) is 10.3. The number of hydrogen-bond acceptors (Lipinski definition) is 3. The highest BCUT2D eigenvalue weighted by atomic mass is 35.5. The van der Waals surface area contributed by atoms with Gasteiger partial charge in [0, 0.05) is 10.6 Å². The molecule has 0 saturated heterocycles. The van der Waals surface area contributed by atoms with E-state index in [0.29, 0.717) is 5.02 Å². The Labute approximate surface area is 89.3 Å². The van der Waals surface area contributed by atoms with Gasteiger partial charge in [0.15, 0.2) is 0 Å². The molecule has 66 valence electrons.